The monoisotopic (exact) mass is 444 g/mol. The van der Waals surface area contributed by atoms with Crippen molar-refractivity contribution in [3.63, 3.8) is 0 Å². The number of thioether (sulfide) groups is 1. The summed E-state index contributed by atoms with van der Waals surface area (Å²) >= 11 is 1.40. The van der Waals surface area contributed by atoms with Gasteiger partial charge in [0.15, 0.2) is 5.16 Å². The fraction of sp³-hybridized carbons (Fsp3) is 0.160. The van der Waals surface area contributed by atoms with Crippen LogP contribution in [0.1, 0.15) is 16.7 Å². The molecule has 0 aliphatic rings. The lowest BCUT2D eigenvalue weighted by molar-refractivity contribution is -0.118. The third-order valence-corrected chi connectivity index (χ3v) is 5.89. The molecule has 32 heavy (non-hydrogen) atoms. The molecule has 0 radical (unpaired) electrons. The first-order chi connectivity index (χ1) is 15.6. The number of carbonyl (C=O) groups is 1. The standard InChI is InChI=1S/C25H24N4O2S/c1-18-10-12-19(13-11-18)16-29-23-9-4-3-8-22(23)27-25(29)32-17-24(30)28-26-15-20-6-5-7-21(14-20)31-2/h3-15H,16-17H2,1-2H3,(H,28,30)/b26-15+. The van der Waals surface area contributed by atoms with Gasteiger partial charge in [0.05, 0.1) is 36.7 Å². The summed E-state index contributed by atoms with van der Waals surface area (Å²) in [7, 11) is 1.61. The van der Waals surface area contributed by atoms with Gasteiger partial charge in [0.25, 0.3) is 5.91 Å². The lowest BCUT2D eigenvalue weighted by Gasteiger charge is -2.09. The average molecular weight is 445 g/mol. The maximum atomic E-state index is 12.3. The normalized spacial score (nSPS) is 11.2. The van der Waals surface area contributed by atoms with Crippen LogP contribution in [0.15, 0.2) is 83.1 Å². The summed E-state index contributed by atoms with van der Waals surface area (Å²) < 4.78 is 7.34. The van der Waals surface area contributed by atoms with Crippen molar-refractivity contribution < 1.29 is 9.53 Å². The molecule has 0 saturated heterocycles. The largest absolute Gasteiger partial charge is 0.497 e. The number of benzene rings is 3. The quantitative estimate of drug-likeness (QED) is 0.244. The van der Waals surface area contributed by atoms with Crippen molar-refractivity contribution in [2.24, 2.45) is 5.10 Å². The van der Waals surface area contributed by atoms with E-state index in [0.29, 0.717) is 6.54 Å². The molecule has 4 aromatic rings. The van der Waals surface area contributed by atoms with Crippen LogP contribution in [0.3, 0.4) is 0 Å². The number of para-hydroxylation sites is 2. The number of ether oxygens (including phenoxy) is 1. The molecular weight excluding hydrogens is 420 g/mol. The van der Waals surface area contributed by atoms with Crippen molar-refractivity contribution in [3.05, 3.63) is 89.5 Å². The van der Waals surface area contributed by atoms with Gasteiger partial charge in [0, 0.05) is 0 Å². The van der Waals surface area contributed by atoms with Gasteiger partial charge in [-0.3, -0.25) is 4.79 Å². The number of amides is 1. The number of methoxy groups -OCH3 is 1. The molecule has 0 atom stereocenters. The number of fused-ring (bicyclic) bond motifs is 1. The van der Waals surface area contributed by atoms with E-state index in [4.69, 9.17) is 9.72 Å². The van der Waals surface area contributed by atoms with E-state index in [1.165, 1.54) is 22.9 Å². The number of nitrogens with zero attached hydrogens (tertiary/aromatic N) is 3. The Kier molecular flexibility index (Phi) is 6.87. The number of hydrogen-bond acceptors (Lipinski definition) is 5. The van der Waals surface area contributed by atoms with Crippen molar-refractivity contribution >= 4 is 34.9 Å². The van der Waals surface area contributed by atoms with Crippen molar-refractivity contribution in [1.29, 1.82) is 0 Å². The smallest absolute Gasteiger partial charge is 0.250 e. The lowest BCUT2D eigenvalue weighted by Crippen LogP contribution is -2.20. The highest BCUT2D eigenvalue weighted by Crippen LogP contribution is 2.25. The molecule has 0 spiro atoms. The summed E-state index contributed by atoms with van der Waals surface area (Å²) in [5.74, 6) is 0.763. The minimum atomic E-state index is -0.192. The van der Waals surface area contributed by atoms with E-state index in [2.05, 4.69) is 52.3 Å². The SMILES string of the molecule is COc1cccc(/C=N/NC(=O)CSc2nc3ccccc3n2Cc2ccc(C)cc2)c1. The first kappa shape index (κ1) is 21.6. The summed E-state index contributed by atoms with van der Waals surface area (Å²) in [5.41, 5.74) is 7.80. The highest BCUT2D eigenvalue weighted by atomic mass is 32.2. The van der Waals surface area contributed by atoms with Crippen molar-refractivity contribution in [1.82, 2.24) is 15.0 Å². The molecule has 0 unspecified atom stereocenters. The number of aryl methyl sites for hydroxylation is 1. The van der Waals surface area contributed by atoms with Gasteiger partial charge < -0.3 is 9.30 Å². The maximum Gasteiger partial charge on any atom is 0.250 e. The van der Waals surface area contributed by atoms with E-state index < -0.39 is 0 Å². The van der Waals surface area contributed by atoms with Crippen LogP contribution in [0.4, 0.5) is 0 Å². The van der Waals surface area contributed by atoms with Crippen LogP contribution < -0.4 is 10.2 Å². The molecule has 1 N–H and O–H groups in total. The Bertz CT molecular complexity index is 1250. The number of imidazole rings is 1. The van der Waals surface area contributed by atoms with E-state index in [1.54, 1.807) is 13.3 Å². The number of hydrazone groups is 1. The van der Waals surface area contributed by atoms with Gasteiger partial charge in [-0.25, -0.2) is 10.4 Å². The summed E-state index contributed by atoms with van der Waals surface area (Å²) in [6.45, 7) is 2.77. The molecule has 1 aromatic heterocycles. The second kappa shape index (κ2) is 10.2. The molecule has 7 heteroatoms. The van der Waals surface area contributed by atoms with Gasteiger partial charge >= 0.3 is 0 Å². The van der Waals surface area contributed by atoms with Crippen molar-refractivity contribution in [2.45, 2.75) is 18.6 Å². The molecule has 4 rings (SSSR count). The van der Waals surface area contributed by atoms with Gasteiger partial charge in [0.1, 0.15) is 5.75 Å². The highest BCUT2D eigenvalue weighted by Gasteiger charge is 2.13. The van der Waals surface area contributed by atoms with Crippen LogP contribution in [-0.2, 0) is 11.3 Å². The van der Waals surface area contributed by atoms with Crippen LogP contribution in [-0.4, -0.2) is 34.5 Å². The average Bonchev–Trinajstić information content (AvgIpc) is 3.16. The van der Waals surface area contributed by atoms with Gasteiger partial charge in [-0.2, -0.15) is 5.10 Å². The number of hydrogen-bond donors (Lipinski definition) is 1. The van der Waals surface area contributed by atoms with Gasteiger partial charge in [-0.05, 0) is 42.3 Å². The third kappa shape index (κ3) is 5.36. The minimum Gasteiger partial charge on any atom is -0.497 e. The van der Waals surface area contributed by atoms with Gasteiger partial charge in [-0.1, -0.05) is 65.9 Å². The van der Waals surface area contributed by atoms with E-state index in [0.717, 1.165) is 27.5 Å². The molecule has 0 aliphatic carbocycles. The van der Waals surface area contributed by atoms with Crippen LogP contribution in [0.25, 0.3) is 11.0 Å². The zero-order valence-electron chi connectivity index (χ0n) is 18.0. The molecule has 0 fully saturated rings. The lowest BCUT2D eigenvalue weighted by atomic mass is 10.1. The fourth-order valence-electron chi connectivity index (χ4n) is 3.26. The van der Waals surface area contributed by atoms with E-state index in [1.807, 2.05) is 42.5 Å². The molecule has 162 valence electrons. The summed E-state index contributed by atoms with van der Waals surface area (Å²) in [6.07, 6.45) is 1.59. The Hall–Kier alpha value is -3.58. The summed E-state index contributed by atoms with van der Waals surface area (Å²) in [6, 6.07) is 23.9. The Morgan fingerprint density at radius 2 is 1.94 bits per heavy atom. The zero-order valence-corrected chi connectivity index (χ0v) is 18.8. The van der Waals surface area contributed by atoms with Gasteiger partial charge in [-0.15, -0.1) is 0 Å². The number of carbonyl (C=O) groups excluding carboxylic acids is 1. The van der Waals surface area contributed by atoms with Crippen molar-refractivity contribution in [3.8, 4) is 5.75 Å². The Balaban J connectivity index is 1.43. The molecular formula is C25H24N4O2S. The van der Waals surface area contributed by atoms with E-state index >= 15 is 0 Å². The molecule has 3 aromatic carbocycles. The summed E-state index contributed by atoms with van der Waals surface area (Å²) in [4.78, 5) is 17.1. The van der Waals surface area contributed by atoms with Crippen LogP contribution in [0.5, 0.6) is 5.75 Å². The van der Waals surface area contributed by atoms with Crippen LogP contribution in [0, 0.1) is 6.92 Å². The second-order valence-electron chi connectivity index (χ2n) is 7.31. The minimum absolute atomic E-state index is 0.192. The van der Waals surface area contributed by atoms with Crippen molar-refractivity contribution in [2.75, 3.05) is 12.9 Å². The fourth-order valence-corrected chi connectivity index (χ4v) is 4.06. The first-order valence-corrected chi connectivity index (χ1v) is 11.2. The van der Waals surface area contributed by atoms with Crippen LogP contribution in [0.2, 0.25) is 0 Å². The molecule has 0 aliphatic heterocycles. The zero-order chi connectivity index (χ0) is 22.3. The number of rotatable bonds is 8. The highest BCUT2D eigenvalue weighted by molar-refractivity contribution is 7.99. The van der Waals surface area contributed by atoms with E-state index in [9.17, 15) is 4.79 Å². The topological polar surface area (TPSA) is 68.5 Å². The molecule has 1 heterocycles. The summed E-state index contributed by atoms with van der Waals surface area (Å²) in [5, 5.41) is 4.85. The Labute approximate surface area is 191 Å². The molecule has 0 bridgehead atoms. The van der Waals surface area contributed by atoms with Crippen LogP contribution >= 0.6 is 11.8 Å². The Morgan fingerprint density at radius 1 is 1.12 bits per heavy atom. The van der Waals surface area contributed by atoms with E-state index in [-0.39, 0.29) is 11.7 Å². The predicted molar refractivity (Wildman–Crippen MR) is 129 cm³/mol. The Morgan fingerprint density at radius 3 is 2.75 bits per heavy atom. The molecule has 6 nitrogen and oxygen atoms in total. The maximum absolute atomic E-state index is 12.3. The molecule has 0 saturated carbocycles. The third-order valence-electron chi connectivity index (χ3n) is 4.91. The predicted octanol–water partition coefficient (Wildman–Crippen LogP) is 4.64. The molecule has 1 amide bonds. The number of nitrogens with one attached hydrogen (secondary N) is 1. The number of aromatic nitrogens is 2. The second-order valence-corrected chi connectivity index (χ2v) is 8.26. The van der Waals surface area contributed by atoms with Gasteiger partial charge in [0.2, 0.25) is 0 Å². The first-order valence-electron chi connectivity index (χ1n) is 10.2.